The summed E-state index contributed by atoms with van der Waals surface area (Å²) in [5.41, 5.74) is 3.91. The molecular weight excluding hydrogens is 308 g/mol. The highest BCUT2D eigenvalue weighted by molar-refractivity contribution is 5.53. The summed E-state index contributed by atoms with van der Waals surface area (Å²) in [4.78, 5) is 0. The molecule has 128 valence electrons. The van der Waals surface area contributed by atoms with Crippen LogP contribution in [0.5, 0.6) is 0 Å². The fraction of sp³-hybridized carbons (Fsp3) is 0.217. The van der Waals surface area contributed by atoms with Crippen LogP contribution in [0.25, 0.3) is 0 Å². The van der Waals surface area contributed by atoms with Crippen molar-refractivity contribution in [3.8, 4) is 0 Å². The molecule has 2 nitrogen and oxygen atoms in total. The molecule has 0 saturated carbocycles. The maximum absolute atomic E-state index is 12.0. The minimum Gasteiger partial charge on any atom is -0.389 e. The van der Waals surface area contributed by atoms with E-state index in [4.69, 9.17) is 0 Å². The average molecular weight is 332 g/mol. The van der Waals surface area contributed by atoms with Gasteiger partial charge in [0.05, 0.1) is 6.10 Å². The van der Waals surface area contributed by atoms with E-state index in [1.54, 1.807) is 6.92 Å². The van der Waals surface area contributed by atoms with Crippen molar-refractivity contribution in [2.24, 2.45) is 0 Å². The van der Waals surface area contributed by atoms with Gasteiger partial charge in [-0.15, -0.1) is 0 Å². The molecule has 2 N–H and O–H groups in total. The molecule has 2 heteroatoms. The highest BCUT2D eigenvalue weighted by atomic mass is 16.3. The third kappa shape index (κ3) is 3.11. The number of aryl methyl sites for hydroxylation is 2. The summed E-state index contributed by atoms with van der Waals surface area (Å²) in [6.45, 7) is 5.79. The molecule has 25 heavy (non-hydrogen) atoms. The summed E-state index contributed by atoms with van der Waals surface area (Å²) < 4.78 is 0. The fourth-order valence-corrected chi connectivity index (χ4v) is 3.55. The van der Waals surface area contributed by atoms with E-state index in [1.807, 2.05) is 80.6 Å². The topological polar surface area (TPSA) is 40.5 Å². The molecule has 3 aromatic rings. The van der Waals surface area contributed by atoms with E-state index in [1.165, 1.54) is 0 Å². The summed E-state index contributed by atoms with van der Waals surface area (Å²) in [5, 5.41) is 22.3. The van der Waals surface area contributed by atoms with Crippen molar-refractivity contribution in [3.05, 3.63) is 106 Å². The summed E-state index contributed by atoms with van der Waals surface area (Å²) in [5.74, 6) is 0. The van der Waals surface area contributed by atoms with Crippen LogP contribution in [0, 0.1) is 13.8 Å². The molecule has 0 aliphatic carbocycles. The number of aliphatic hydroxyl groups excluding tert-OH is 1. The predicted molar refractivity (Wildman–Crippen MR) is 102 cm³/mol. The fourth-order valence-electron chi connectivity index (χ4n) is 3.55. The van der Waals surface area contributed by atoms with Gasteiger partial charge in [-0.2, -0.15) is 0 Å². The number of hydrogen-bond acceptors (Lipinski definition) is 2. The van der Waals surface area contributed by atoms with Gasteiger partial charge in [-0.05, 0) is 48.6 Å². The first-order valence-corrected chi connectivity index (χ1v) is 8.57. The quantitative estimate of drug-likeness (QED) is 0.683. The zero-order valence-corrected chi connectivity index (χ0v) is 14.9. The monoisotopic (exact) mass is 332 g/mol. The number of aliphatic hydroxyl groups is 2. The molecule has 0 saturated heterocycles. The molecule has 0 aliphatic heterocycles. The lowest BCUT2D eigenvalue weighted by molar-refractivity contribution is 0.117. The van der Waals surface area contributed by atoms with Crippen molar-refractivity contribution in [2.45, 2.75) is 32.5 Å². The van der Waals surface area contributed by atoms with Gasteiger partial charge in [0.15, 0.2) is 0 Å². The van der Waals surface area contributed by atoms with Crippen molar-refractivity contribution in [1.82, 2.24) is 0 Å². The standard InChI is InChI=1S/C23H24O2/c1-16-13-14-21(17(2)15-16)23(25,19-9-5-4-6-10-19)22-12-8-7-11-20(22)18(3)24/h4-15,18,24-25H,1-3H3. The van der Waals surface area contributed by atoms with Gasteiger partial charge in [0.1, 0.15) is 5.60 Å². The lowest BCUT2D eigenvalue weighted by Gasteiger charge is -2.34. The molecule has 0 spiro atoms. The molecule has 0 heterocycles. The first-order chi connectivity index (χ1) is 11.9. The number of rotatable bonds is 4. The van der Waals surface area contributed by atoms with Crippen molar-refractivity contribution >= 4 is 0 Å². The van der Waals surface area contributed by atoms with Crippen LogP contribution in [0.1, 0.15) is 46.4 Å². The second-order valence-corrected chi connectivity index (χ2v) is 6.66. The maximum atomic E-state index is 12.0. The Balaban J connectivity index is 2.35. The largest absolute Gasteiger partial charge is 0.389 e. The summed E-state index contributed by atoms with van der Waals surface area (Å²) in [6.07, 6.45) is -0.669. The highest BCUT2D eigenvalue weighted by Crippen LogP contribution is 2.41. The van der Waals surface area contributed by atoms with Crippen molar-refractivity contribution in [2.75, 3.05) is 0 Å². The van der Waals surface area contributed by atoms with Crippen LogP contribution in [0.15, 0.2) is 72.8 Å². The molecule has 0 fully saturated rings. The molecule has 2 atom stereocenters. The first-order valence-electron chi connectivity index (χ1n) is 8.57. The summed E-state index contributed by atoms with van der Waals surface area (Å²) in [7, 11) is 0. The van der Waals surface area contributed by atoms with E-state index in [2.05, 4.69) is 6.07 Å². The Labute approximate surface area is 149 Å². The van der Waals surface area contributed by atoms with Gasteiger partial charge in [-0.3, -0.25) is 0 Å². The molecule has 3 aromatic carbocycles. The summed E-state index contributed by atoms with van der Waals surface area (Å²) >= 11 is 0. The van der Waals surface area contributed by atoms with Crippen LogP contribution < -0.4 is 0 Å². The van der Waals surface area contributed by atoms with Gasteiger partial charge < -0.3 is 10.2 Å². The Morgan fingerprint density at radius 1 is 0.800 bits per heavy atom. The van der Waals surface area contributed by atoms with Crippen molar-refractivity contribution < 1.29 is 10.2 Å². The predicted octanol–water partition coefficient (Wildman–Crippen LogP) is 4.64. The number of benzene rings is 3. The van der Waals surface area contributed by atoms with E-state index < -0.39 is 11.7 Å². The molecule has 0 amide bonds. The van der Waals surface area contributed by atoms with E-state index in [0.29, 0.717) is 5.56 Å². The molecule has 0 aliphatic rings. The number of hydrogen-bond donors (Lipinski definition) is 2. The minimum absolute atomic E-state index is 0.669. The lowest BCUT2D eigenvalue weighted by atomic mass is 9.76. The van der Waals surface area contributed by atoms with Crippen molar-refractivity contribution in [1.29, 1.82) is 0 Å². The second kappa shape index (κ2) is 6.83. The third-order valence-electron chi connectivity index (χ3n) is 4.76. The van der Waals surface area contributed by atoms with E-state index in [-0.39, 0.29) is 0 Å². The van der Waals surface area contributed by atoms with Gasteiger partial charge in [-0.1, -0.05) is 78.4 Å². The molecule has 0 bridgehead atoms. The van der Waals surface area contributed by atoms with Gasteiger partial charge in [0, 0.05) is 0 Å². The van der Waals surface area contributed by atoms with E-state index in [0.717, 1.165) is 27.8 Å². The van der Waals surface area contributed by atoms with Crippen LogP contribution >= 0.6 is 0 Å². The SMILES string of the molecule is Cc1ccc(C(O)(c2ccccc2)c2ccccc2C(C)O)c(C)c1. The maximum Gasteiger partial charge on any atom is 0.141 e. The van der Waals surface area contributed by atoms with Crippen LogP contribution in [0.4, 0.5) is 0 Å². The second-order valence-electron chi connectivity index (χ2n) is 6.66. The molecule has 3 rings (SSSR count). The van der Waals surface area contributed by atoms with Crippen LogP contribution in [0.3, 0.4) is 0 Å². The highest BCUT2D eigenvalue weighted by Gasteiger charge is 2.37. The molecule has 0 aromatic heterocycles. The average Bonchev–Trinajstić information content (AvgIpc) is 2.62. The Kier molecular flexibility index (Phi) is 4.76. The van der Waals surface area contributed by atoms with Crippen LogP contribution in [-0.2, 0) is 5.60 Å². The van der Waals surface area contributed by atoms with Gasteiger partial charge in [0.2, 0.25) is 0 Å². The van der Waals surface area contributed by atoms with Crippen molar-refractivity contribution in [3.63, 3.8) is 0 Å². The molecular formula is C23H24O2. The van der Waals surface area contributed by atoms with Gasteiger partial charge >= 0.3 is 0 Å². The minimum atomic E-state index is -1.33. The lowest BCUT2D eigenvalue weighted by Crippen LogP contribution is -2.31. The Morgan fingerprint density at radius 2 is 1.44 bits per heavy atom. The normalized spacial score (nSPS) is 14.8. The first kappa shape index (κ1) is 17.4. The zero-order chi connectivity index (χ0) is 18.0. The Morgan fingerprint density at radius 3 is 2.08 bits per heavy atom. The zero-order valence-electron chi connectivity index (χ0n) is 14.9. The van der Waals surface area contributed by atoms with Crippen LogP contribution in [0.2, 0.25) is 0 Å². The van der Waals surface area contributed by atoms with Gasteiger partial charge in [0.25, 0.3) is 0 Å². The van der Waals surface area contributed by atoms with E-state index >= 15 is 0 Å². The smallest absolute Gasteiger partial charge is 0.141 e. The van der Waals surface area contributed by atoms with Crippen LogP contribution in [-0.4, -0.2) is 10.2 Å². The summed E-state index contributed by atoms with van der Waals surface area (Å²) in [6, 6.07) is 23.3. The molecule has 2 unspecified atom stereocenters. The van der Waals surface area contributed by atoms with E-state index in [9.17, 15) is 10.2 Å². The Hall–Kier alpha value is -2.42. The van der Waals surface area contributed by atoms with Gasteiger partial charge in [-0.25, -0.2) is 0 Å². The molecule has 0 radical (unpaired) electrons. The third-order valence-corrected chi connectivity index (χ3v) is 4.76. The Bertz CT molecular complexity index is 868.